The van der Waals surface area contributed by atoms with Crippen LogP contribution in [0.3, 0.4) is 0 Å². The summed E-state index contributed by atoms with van der Waals surface area (Å²) in [4.78, 5) is 0. The van der Waals surface area contributed by atoms with Crippen molar-refractivity contribution in [2.45, 2.75) is 117 Å². The van der Waals surface area contributed by atoms with Crippen molar-refractivity contribution < 1.29 is 0 Å². The maximum atomic E-state index is 2.54. The van der Waals surface area contributed by atoms with Gasteiger partial charge in [0.05, 0.1) is 0 Å². The topological polar surface area (TPSA) is 0 Å². The summed E-state index contributed by atoms with van der Waals surface area (Å²) in [5.74, 6) is 3.63. The maximum absolute atomic E-state index is 2.54. The highest BCUT2D eigenvalue weighted by Crippen LogP contribution is 2.47. The lowest BCUT2D eigenvalue weighted by Gasteiger charge is -2.23. The molecule has 0 radical (unpaired) electrons. The van der Waals surface area contributed by atoms with Crippen molar-refractivity contribution in [3.8, 4) is 0 Å². The molecule has 0 fully saturated rings. The lowest BCUT2D eigenvalue weighted by atomic mass is 9.84. The van der Waals surface area contributed by atoms with Crippen molar-refractivity contribution in [2.24, 2.45) is 0 Å². The Labute approximate surface area is 218 Å². The molecular weight excluding hydrogens is 436 g/mol. The largest absolute Gasteiger partial charge is 0.0655 e. The predicted molar refractivity (Wildman–Crippen MR) is 160 cm³/mol. The van der Waals surface area contributed by atoms with Gasteiger partial charge in [-0.1, -0.05) is 115 Å². The van der Waals surface area contributed by atoms with E-state index >= 15 is 0 Å². The van der Waals surface area contributed by atoms with Crippen LogP contribution in [0.1, 0.15) is 149 Å². The molecule has 0 nitrogen and oxygen atoms in total. The molecule has 0 heterocycles. The first-order chi connectivity index (χ1) is 16.5. The third-order valence-corrected chi connectivity index (χ3v) is 10.7. The molecule has 4 rings (SSSR count). The van der Waals surface area contributed by atoms with E-state index in [-0.39, 0.29) is 9.52 Å². The number of hydrogen-bond acceptors (Lipinski definition) is 0. The number of rotatable bonds is 8. The van der Waals surface area contributed by atoms with Crippen LogP contribution < -0.4 is 0 Å². The lowest BCUT2D eigenvalue weighted by Crippen LogP contribution is -2.09. The molecule has 188 valence electrons. The van der Waals surface area contributed by atoms with Crippen molar-refractivity contribution >= 4 is 21.7 Å². The second-order valence-corrected chi connectivity index (χ2v) is 14.4. The highest BCUT2D eigenvalue weighted by molar-refractivity contribution is 6.36. The first kappa shape index (κ1) is 26.2. The fourth-order valence-corrected chi connectivity index (χ4v) is 9.59. The summed E-state index contributed by atoms with van der Waals surface area (Å²) in [6.45, 7) is 23.6. The average Bonchev–Trinajstić information content (AvgIpc) is 3.27. The van der Waals surface area contributed by atoms with Crippen molar-refractivity contribution in [2.75, 3.05) is 0 Å². The Kier molecular flexibility index (Phi) is 7.67. The number of benzene rings is 2. The molecule has 2 aliphatic carbocycles. The average molecular weight is 485 g/mol. The van der Waals surface area contributed by atoms with Gasteiger partial charge in [-0.25, -0.2) is 0 Å². The molecule has 0 aromatic heterocycles. The van der Waals surface area contributed by atoms with Crippen molar-refractivity contribution in [1.29, 1.82) is 0 Å². The fraction of sp³-hybridized carbons (Fsp3) is 0.529. The summed E-state index contributed by atoms with van der Waals surface area (Å²) in [5.41, 5.74) is 15.9. The molecule has 1 heteroatoms. The minimum absolute atomic E-state index is 0.186. The Morgan fingerprint density at radius 3 is 1.26 bits per heavy atom. The van der Waals surface area contributed by atoms with Gasteiger partial charge in [0.25, 0.3) is 0 Å². The molecule has 35 heavy (non-hydrogen) atoms. The molecule has 0 bridgehead atoms. The van der Waals surface area contributed by atoms with Gasteiger partial charge < -0.3 is 0 Å². The van der Waals surface area contributed by atoms with E-state index in [9.17, 15) is 0 Å². The van der Waals surface area contributed by atoms with E-state index in [0.717, 1.165) is 0 Å². The zero-order chi connectivity index (χ0) is 25.6. The fourth-order valence-electron chi connectivity index (χ4n) is 7.01. The van der Waals surface area contributed by atoms with Crippen LogP contribution in [0.2, 0.25) is 12.1 Å². The Hall–Kier alpha value is -1.86. The second-order valence-electron chi connectivity index (χ2n) is 12.6. The quantitative estimate of drug-likeness (QED) is 0.327. The molecule has 2 aromatic rings. The maximum Gasteiger partial charge on any atom is 0.0218 e. The molecule has 0 saturated carbocycles. The molecule has 2 unspecified atom stereocenters. The van der Waals surface area contributed by atoms with Crippen LogP contribution in [0, 0.1) is 0 Å². The summed E-state index contributed by atoms with van der Waals surface area (Å²) in [6, 6.07) is 12.6. The van der Waals surface area contributed by atoms with E-state index in [1.807, 2.05) is 0 Å². The third kappa shape index (κ3) is 4.78. The Morgan fingerprint density at radius 1 is 0.571 bits per heavy atom. The van der Waals surface area contributed by atoms with Crippen LogP contribution in [0.15, 0.2) is 35.4 Å². The smallest absolute Gasteiger partial charge is 0.0218 e. The zero-order valence-electron chi connectivity index (χ0n) is 24.0. The third-order valence-electron chi connectivity index (χ3n) is 8.69. The number of allylic oxidation sites excluding steroid dienone is 2. The van der Waals surface area contributed by atoms with Crippen LogP contribution in [0.5, 0.6) is 0 Å². The summed E-state index contributed by atoms with van der Waals surface area (Å²) < 4.78 is 0. The predicted octanol–water partition coefficient (Wildman–Crippen LogP) is 9.89. The van der Waals surface area contributed by atoms with Gasteiger partial charge in [0.2, 0.25) is 0 Å². The first-order valence-electron chi connectivity index (χ1n) is 14.2. The van der Waals surface area contributed by atoms with Crippen molar-refractivity contribution in [3.05, 3.63) is 79.9 Å². The summed E-state index contributed by atoms with van der Waals surface area (Å²) in [5, 5.41) is 0. The van der Waals surface area contributed by atoms with Crippen LogP contribution in [-0.2, 0) is 0 Å². The Morgan fingerprint density at radius 2 is 0.943 bits per heavy atom. The molecule has 0 amide bonds. The second kappa shape index (κ2) is 10.2. The minimum Gasteiger partial charge on any atom is -0.0655 e. The summed E-state index contributed by atoms with van der Waals surface area (Å²) >= 11 is 0. The van der Waals surface area contributed by atoms with Gasteiger partial charge in [0, 0.05) is 21.4 Å². The van der Waals surface area contributed by atoms with Crippen molar-refractivity contribution in [3.63, 3.8) is 0 Å². The molecule has 2 atom stereocenters. The van der Waals surface area contributed by atoms with E-state index in [4.69, 9.17) is 0 Å². The monoisotopic (exact) mass is 484 g/mol. The highest BCUT2D eigenvalue weighted by atomic mass is 28.2. The molecule has 0 N–H and O–H groups in total. The standard InChI is InChI=1S/C34H48Si/c1-19(2)25-11-13-27-29(33(25)21(5)6)15-23(9)31(27)17-35-18-32-24(10)16-30-28(32)14-12-26(20(3)4)34(30)22(7)8/h11-16,19-22,31-32H,17-18,35H2,1-10H3. The molecule has 0 spiro atoms. The SMILES string of the molecule is CC1=Cc2c(ccc(C(C)C)c2C(C)C)C1C[SiH2]CC1C(C)=Cc2c1ccc(C(C)C)c2C(C)C. The van der Waals surface area contributed by atoms with E-state index in [1.54, 1.807) is 55.7 Å². The highest BCUT2D eigenvalue weighted by Gasteiger charge is 2.30. The van der Waals surface area contributed by atoms with Gasteiger partial charge in [-0.15, -0.1) is 0 Å². The van der Waals surface area contributed by atoms with Gasteiger partial charge in [-0.05, 0) is 82.0 Å². The molecule has 0 aliphatic heterocycles. The number of hydrogen-bond donors (Lipinski definition) is 0. The van der Waals surface area contributed by atoms with E-state index < -0.39 is 0 Å². The van der Waals surface area contributed by atoms with E-state index in [2.05, 4.69) is 106 Å². The van der Waals surface area contributed by atoms with Gasteiger partial charge in [-0.3, -0.25) is 0 Å². The molecular formula is C34H48Si. The van der Waals surface area contributed by atoms with Gasteiger partial charge in [0.15, 0.2) is 0 Å². The van der Waals surface area contributed by atoms with E-state index in [1.165, 1.54) is 12.1 Å². The Balaban J connectivity index is 1.55. The Bertz CT molecular complexity index is 1060. The summed E-state index contributed by atoms with van der Waals surface area (Å²) in [7, 11) is -0.186. The van der Waals surface area contributed by atoms with Crippen LogP contribution in [0.25, 0.3) is 12.2 Å². The lowest BCUT2D eigenvalue weighted by molar-refractivity contribution is 0.781. The first-order valence-corrected chi connectivity index (χ1v) is 16.2. The van der Waals surface area contributed by atoms with Gasteiger partial charge in [-0.2, -0.15) is 0 Å². The number of fused-ring (bicyclic) bond motifs is 2. The summed E-state index contributed by atoms with van der Waals surface area (Å²) in [6.07, 6.45) is 5.07. The molecule has 2 aromatic carbocycles. The zero-order valence-corrected chi connectivity index (χ0v) is 25.5. The van der Waals surface area contributed by atoms with Crippen molar-refractivity contribution in [1.82, 2.24) is 0 Å². The minimum atomic E-state index is -0.186. The molecule has 0 saturated heterocycles. The van der Waals surface area contributed by atoms with Crippen LogP contribution in [-0.4, -0.2) is 9.52 Å². The molecule has 2 aliphatic rings. The van der Waals surface area contributed by atoms with Gasteiger partial charge in [0.1, 0.15) is 0 Å². The van der Waals surface area contributed by atoms with Crippen LogP contribution >= 0.6 is 0 Å². The van der Waals surface area contributed by atoms with Gasteiger partial charge >= 0.3 is 0 Å². The van der Waals surface area contributed by atoms with E-state index in [0.29, 0.717) is 35.5 Å². The normalized spacial score (nSPS) is 19.5. The van der Waals surface area contributed by atoms with Crippen LogP contribution in [0.4, 0.5) is 0 Å².